The van der Waals surface area contributed by atoms with E-state index in [9.17, 15) is 14.0 Å². The average molecular weight is 407 g/mol. The molecule has 3 N–H and O–H groups in total. The molecule has 4 aliphatic rings. The van der Waals surface area contributed by atoms with Crippen molar-refractivity contribution in [3.8, 4) is 0 Å². The normalized spacial score (nSPS) is 31.6. The monoisotopic (exact) mass is 407 g/mol. The van der Waals surface area contributed by atoms with Gasteiger partial charge >= 0.3 is 0 Å². The molecule has 3 saturated carbocycles. The van der Waals surface area contributed by atoms with Gasteiger partial charge in [-0.1, -0.05) is 31.2 Å². The summed E-state index contributed by atoms with van der Waals surface area (Å²) in [6.07, 6.45) is 3.40. The first-order valence-electron chi connectivity index (χ1n) is 10.6. The number of para-hydroxylation sites is 1. The number of anilines is 1. The number of nitrogens with one attached hydrogen (secondary N) is 3. The molecule has 6 heteroatoms. The molecule has 6 rings (SSSR count). The van der Waals surface area contributed by atoms with E-state index in [0.717, 1.165) is 36.9 Å². The number of rotatable bonds is 3. The molecule has 0 aromatic heterocycles. The Hall–Kier alpha value is -2.89. The number of amides is 2. The highest BCUT2D eigenvalue weighted by molar-refractivity contribution is 6.02. The first kappa shape index (κ1) is 19.1. The molecule has 156 valence electrons. The van der Waals surface area contributed by atoms with Crippen molar-refractivity contribution >= 4 is 17.5 Å². The molecule has 1 aliphatic heterocycles. The van der Waals surface area contributed by atoms with Gasteiger partial charge in [0.2, 0.25) is 5.91 Å². The minimum atomic E-state index is -0.494. The minimum Gasteiger partial charge on any atom is -0.362 e. The summed E-state index contributed by atoms with van der Waals surface area (Å²) in [6.45, 7) is 2.56. The third kappa shape index (κ3) is 3.06. The summed E-state index contributed by atoms with van der Waals surface area (Å²) in [5, 5.41) is 9.92. The van der Waals surface area contributed by atoms with Gasteiger partial charge in [0.15, 0.2) is 0 Å². The number of hydrogen-bond donors (Lipinski definition) is 3. The third-order valence-corrected chi connectivity index (χ3v) is 7.37. The molecule has 5 nitrogen and oxygen atoms in total. The van der Waals surface area contributed by atoms with Crippen molar-refractivity contribution in [2.45, 2.75) is 44.8 Å². The van der Waals surface area contributed by atoms with E-state index in [1.54, 1.807) is 12.1 Å². The van der Waals surface area contributed by atoms with Crippen molar-refractivity contribution in [1.29, 1.82) is 0 Å². The summed E-state index contributed by atoms with van der Waals surface area (Å²) in [7, 11) is 0. The second-order valence-electron chi connectivity index (χ2n) is 9.30. The molecule has 0 saturated heterocycles. The molecule has 3 unspecified atom stereocenters. The number of hydrogen-bond acceptors (Lipinski definition) is 3. The maximum absolute atomic E-state index is 13.1. The topological polar surface area (TPSA) is 70.2 Å². The maximum Gasteiger partial charge on any atom is 0.255 e. The predicted octanol–water partition coefficient (Wildman–Crippen LogP) is 3.82. The van der Waals surface area contributed by atoms with Crippen molar-refractivity contribution in [1.82, 2.24) is 10.6 Å². The quantitative estimate of drug-likeness (QED) is 0.724. The highest BCUT2D eigenvalue weighted by Gasteiger charge is 2.60. The SMILES string of the molecule is CC12CCC(CC1C(=O)NCc1ccc(F)cc1)[C@]1(C2)NC(=O)c2ccccc2N1. The summed E-state index contributed by atoms with van der Waals surface area (Å²) >= 11 is 0. The van der Waals surface area contributed by atoms with Crippen molar-refractivity contribution in [2.24, 2.45) is 17.3 Å². The first-order valence-corrected chi connectivity index (χ1v) is 10.6. The molecule has 3 fully saturated rings. The molecular weight excluding hydrogens is 381 g/mol. The summed E-state index contributed by atoms with van der Waals surface area (Å²) in [5.41, 5.74) is 1.73. The lowest BCUT2D eigenvalue weighted by atomic mass is 9.51. The standard InChI is InChI=1S/C24H26FN3O2/c1-23-11-10-16(12-19(23)22(30)26-13-15-6-8-17(25)9-7-15)24(14-23)27-20-5-3-2-4-18(20)21(29)28-24/h2-9,16,19,27H,10-14H2,1H3,(H,26,30)(H,28,29)/t16?,19?,23?,24-/m0/s1. The van der Waals surface area contributed by atoms with Gasteiger partial charge in [0.1, 0.15) is 11.5 Å². The van der Waals surface area contributed by atoms with Crippen molar-refractivity contribution in [2.75, 3.05) is 5.32 Å². The molecule has 3 aliphatic carbocycles. The van der Waals surface area contributed by atoms with Crippen LogP contribution in [0.1, 0.15) is 48.5 Å². The van der Waals surface area contributed by atoms with E-state index in [1.165, 1.54) is 12.1 Å². The zero-order chi connectivity index (χ0) is 20.9. The molecule has 2 aromatic rings. The predicted molar refractivity (Wildman–Crippen MR) is 112 cm³/mol. The van der Waals surface area contributed by atoms with E-state index >= 15 is 0 Å². The Morgan fingerprint density at radius 1 is 1.17 bits per heavy atom. The van der Waals surface area contributed by atoms with Gasteiger partial charge in [0.05, 0.1) is 5.56 Å². The molecule has 2 bridgehead atoms. The van der Waals surface area contributed by atoms with Gasteiger partial charge in [-0.25, -0.2) is 4.39 Å². The summed E-state index contributed by atoms with van der Waals surface area (Å²) < 4.78 is 13.1. The highest BCUT2D eigenvalue weighted by Crippen LogP contribution is 2.58. The Balaban J connectivity index is 1.33. The van der Waals surface area contributed by atoms with Gasteiger partial charge in [0, 0.05) is 24.1 Å². The van der Waals surface area contributed by atoms with Crippen molar-refractivity contribution in [3.05, 3.63) is 65.5 Å². The molecular formula is C24H26FN3O2. The Labute approximate surface area is 175 Å². The molecule has 4 atom stereocenters. The van der Waals surface area contributed by atoms with Gasteiger partial charge in [-0.2, -0.15) is 0 Å². The Morgan fingerprint density at radius 3 is 2.70 bits per heavy atom. The number of benzene rings is 2. The zero-order valence-corrected chi connectivity index (χ0v) is 17.0. The van der Waals surface area contributed by atoms with E-state index in [-0.39, 0.29) is 34.9 Å². The smallest absolute Gasteiger partial charge is 0.255 e. The van der Waals surface area contributed by atoms with Crippen LogP contribution in [0.3, 0.4) is 0 Å². The van der Waals surface area contributed by atoms with Crippen LogP contribution in [0, 0.1) is 23.1 Å². The summed E-state index contributed by atoms with van der Waals surface area (Å²) in [6, 6.07) is 13.8. The van der Waals surface area contributed by atoms with Crippen molar-refractivity contribution in [3.63, 3.8) is 0 Å². The second-order valence-corrected chi connectivity index (χ2v) is 9.30. The molecule has 2 amide bonds. The van der Waals surface area contributed by atoms with Gasteiger partial charge in [-0.15, -0.1) is 0 Å². The summed E-state index contributed by atoms with van der Waals surface area (Å²) in [5.74, 6) is -0.186. The maximum atomic E-state index is 13.1. The lowest BCUT2D eigenvalue weighted by Gasteiger charge is -2.60. The molecule has 0 radical (unpaired) electrons. The van der Waals surface area contributed by atoms with Gasteiger partial charge < -0.3 is 16.0 Å². The van der Waals surface area contributed by atoms with Crippen LogP contribution in [0.5, 0.6) is 0 Å². The zero-order valence-electron chi connectivity index (χ0n) is 17.0. The molecule has 2 aromatic carbocycles. The first-order chi connectivity index (χ1) is 14.4. The van der Waals surface area contributed by atoms with E-state index < -0.39 is 5.66 Å². The van der Waals surface area contributed by atoms with Crippen LogP contribution >= 0.6 is 0 Å². The van der Waals surface area contributed by atoms with Crippen LogP contribution in [0.15, 0.2) is 48.5 Å². The van der Waals surface area contributed by atoms with Gasteiger partial charge in [-0.3, -0.25) is 9.59 Å². The second kappa shape index (κ2) is 6.83. The lowest BCUT2D eigenvalue weighted by molar-refractivity contribution is -0.139. The van der Waals surface area contributed by atoms with E-state index in [4.69, 9.17) is 0 Å². The summed E-state index contributed by atoms with van der Waals surface area (Å²) in [4.78, 5) is 25.9. The number of carbonyl (C=O) groups excluding carboxylic acids is 2. The minimum absolute atomic E-state index is 0.0437. The fraction of sp³-hybridized carbons (Fsp3) is 0.417. The van der Waals surface area contributed by atoms with Gasteiger partial charge in [-0.05, 0) is 60.9 Å². The third-order valence-electron chi connectivity index (χ3n) is 7.37. The van der Waals surface area contributed by atoms with E-state index in [2.05, 4.69) is 22.9 Å². The largest absolute Gasteiger partial charge is 0.362 e. The van der Waals surface area contributed by atoms with E-state index in [0.29, 0.717) is 12.1 Å². The van der Waals surface area contributed by atoms with Crippen LogP contribution in [0.4, 0.5) is 10.1 Å². The lowest BCUT2D eigenvalue weighted by Crippen LogP contribution is -2.70. The average Bonchev–Trinajstić information content (AvgIpc) is 2.73. The van der Waals surface area contributed by atoms with Crippen LogP contribution < -0.4 is 16.0 Å². The highest BCUT2D eigenvalue weighted by atomic mass is 19.1. The van der Waals surface area contributed by atoms with Crippen molar-refractivity contribution < 1.29 is 14.0 Å². The van der Waals surface area contributed by atoms with E-state index in [1.807, 2.05) is 24.3 Å². The number of halogens is 1. The molecule has 1 heterocycles. The molecule has 1 spiro atoms. The van der Waals surface area contributed by atoms with Gasteiger partial charge in [0.25, 0.3) is 5.91 Å². The molecule has 30 heavy (non-hydrogen) atoms. The number of carbonyl (C=O) groups is 2. The van der Waals surface area contributed by atoms with Crippen LogP contribution in [0.2, 0.25) is 0 Å². The van der Waals surface area contributed by atoms with Crippen LogP contribution in [0.25, 0.3) is 0 Å². The van der Waals surface area contributed by atoms with Crippen LogP contribution in [-0.4, -0.2) is 17.5 Å². The number of fused-ring (bicyclic) bond motifs is 3. The fourth-order valence-corrected chi connectivity index (χ4v) is 5.77. The Kier molecular flexibility index (Phi) is 4.34. The Morgan fingerprint density at radius 2 is 1.93 bits per heavy atom. The Bertz CT molecular complexity index is 1010. The fourth-order valence-electron chi connectivity index (χ4n) is 5.77. The van der Waals surface area contributed by atoms with Crippen LogP contribution in [-0.2, 0) is 11.3 Å².